The van der Waals surface area contributed by atoms with Gasteiger partial charge in [-0.3, -0.25) is 0 Å². The second-order valence-corrected chi connectivity index (χ2v) is 6.37. The van der Waals surface area contributed by atoms with Gasteiger partial charge < -0.3 is 10.1 Å². The Morgan fingerprint density at radius 1 is 1.44 bits per heavy atom. The fraction of sp³-hybridized carbons (Fsp3) is 0.571. The molecule has 0 atom stereocenters. The zero-order valence-electron chi connectivity index (χ0n) is 10.6. The summed E-state index contributed by atoms with van der Waals surface area (Å²) in [5.41, 5.74) is 1.70. The molecular weight excluding hydrogens is 314 g/mol. The third-order valence-corrected chi connectivity index (χ3v) is 4.63. The van der Waals surface area contributed by atoms with Gasteiger partial charge in [-0.2, -0.15) is 0 Å². The molecule has 1 aliphatic rings. The first-order valence-corrected chi connectivity index (χ1v) is 7.46. The van der Waals surface area contributed by atoms with E-state index in [0.717, 1.165) is 35.6 Å². The zero-order valence-corrected chi connectivity index (χ0v) is 13.0. The fourth-order valence-electron chi connectivity index (χ4n) is 2.15. The zero-order chi connectivity index (χ0) is 13.0. The van der Waals surface area contributed by atoms with Crippen LogP contribution in [0.25, 0.3) is 0 Å². The van der Waals surface area contributed by atoms with Gasteiger partial charge in [0.1, 0.15) is 0 Å². The average Bonchev–Trinajstić information content (AvgIpc) is 3.12. The number of methoxy groups -OCH3 is 1. The highest BCUT2D eigenvalue weighted by molar-refractivity contribution is 9.10. The lowest BCUT2D eigenvalue weighted by atomic mass is 10.0. The molecule has 2 nitrogen and oxygen atoms in total. The quantitative estimate of drug-likeness (QED) is 0.814. The lowest BCUT2D eigenvalue weighted by Crippen LogP contribution is -2.24. The molecule has 4 heteroatoms. The molecule has 1 aliphatic carbocycles. The van der Waals surface area contributed by atoms with Gasteiger partial charge in [-0.25, -0.2) is 0 Å². The molecule has 18 heavy (non-hydrogen) atoms. The van der Waals surface area contributed by atoms with E-state index >= 15 is 0 Å². The van der Waals surface area contributed by atoms with Gasteiger partial charge in [0, 0.05) is 36.3 Å². The van der Waals surface area contributed by atoms with Crippen molar-refractivity contribution >= 4 is 27.5 Å². The van der Waals surface area contributed by atoms with Crippen LogP contribution in [0.5, 0.6) is 0 Å². The molecule has 0 radical (unpaired) electrons. The van der Waals surface area contributed by atoms with E-state index in [1.165, 1.54) is 18.4 Å². The van der Waals surface area contributed by atoms with Crippen LogP contribution in [0.3, 0.4) is 0 Å². The van der Waals surface area contributed by atoms with Gasteiger partial charge in [0.15, 0.2) is 0 Å². The van der Waals surface area contributed by atoms with E-state index in [1.54, 1.807) is 7.11 Å². The van der Waals surface area contributed by atoms with Crippen LogP contribution in [-0.4, -0.2) is 20.3 Å². The molecule has 1 aromatic carbocycles. The van der Waals surface area contributed by atoms with Gasteiger partial charge >= 0.3 is 0 Å². The van der Waals surface area contributed by atoms with Gasteiger partial charge in [0.25, 0.3) is 0 Å². The van der Waals surface area contributed by atoms with Crippen LogP contribution >= 0.6 is 27.5 Å². The number of hydrogen-bond acceptors (Lipinski definition) is 2. The Kier molecular flexibility index (Phi) is 5.07. The van der Waals surface area contributed by atoms with Crippen LogP contribution in [-0.2, 0) is 11.3 Å². The standard InChI is InChI=1S/C14H19BrClNO/c1-18-7-6-14(4-5-14)10-17-9-11-8-12(16)2-3-13(11)15/h2-3,8,17H,4-7,9-10H2,1H3. The maximum absolute atomic E-state index is 6.00. The Hall–Kier alpha value is -0.0900. The first-order chi connectivity index (χ1) is 8.65. The highest BCUT2D eigenvalue weighted by atomic mass is 79.9. The van der Waals surface area contributed by atoms with E-state index < -0.39 is 0 Å². The minimum absolute atomic E-state index is 0.487. The summed E-state index contributed by atoms with van der Waals surface area (Å²) in [6.07, 6.45) is 3.80. The maximum Gasteiger partial charge on any atom is 0.0468 e. The molecule has 0 spiro atoms. The molecule has 0 bridgehead atoms. The van der Waals surface area contributed by atoms with E-state index in [2.05, 4.69) is 21.2 Å². The topological polar surface area (TPSA) is 21.3 Å². The van der Waals surface area contributed by atoms with E-state index in [9.17, 15) is 0 Å². The first kappa shape index (κ1) is 14.3. The normalized spacial score (nSPS) is 16.8. The van der Waals surface area contributed by atoms with Crippen LogP contribution in [0.1, 0.15) is 24.8 Å². The molecule has 0 saturated heterocycles. The lowest BCUT2D eigenvalue weighted by Gasteiger charge is -2.16. The molecule has 1 saturated carbocycles. The molecule has 0 aliphatic heterocycles. The summed E-state index contributed by atoms with van der Waals surface area (Å²) in [5, 5.41) is 4.32. The van der Waals surface area contributed by atoms with Gasteiger partial charge in [-0.1, -0.05) is 27.5 Å². The molecule has 100 valence electrons. The molecular formula is C14H19BrClNO. The molecule has 0 amide bonds. The van der Waals surface area contributed by atoms with Crippen molar-refractivity contribution in [1.82, 2.24) is 5.32 Å². The van der Waals surface area contributed by atoms with E-state index in [0.29, 0.717) is 5.41 Å². The van der Waals surface area contributed by atoms with Crippen molar-refractivity contribution in [3.05, 3.63) is 33.3 Å². The summed E-state index contributed by atoms with van der Waals surface area (Å²) in [5.74, 6) is 0. The summed E-state index contributed by atoms with van der Waals surface area (Å²) in [7, 11) is 1.77. The number of ether oxygens (including phenoxy) is 1. The fourth-order valence-corrected chi connectivity index (χ4v) is 2.73. The van der Waals surface area contributed by atoms with Crippen molar-refractivity contribution < 1.29 is 4.74 Å². The molecule has 2 rings (SSSR count). The van der Waals surface area contributed by atoms with Crippen molar-refractivity contribution in [2.45, 2.75) is 25.8 Å². The van der Waals surface area contributed by atoms with Crippen LogP contribution in [0.2, 0.25) is 5.02 Å². The predicted molar refractivity (Wildman–Crippen MR) is 79.0 cm³/mol. The Morgan fingerprint density at radius 2 is 2.22 bits per heavy atom. The Bertz CT molecular complexity index is 407. The number of rotatable bonds is 7. The molecule has 0 aromatic heterocycles. The first-order valence-electron chi connectivity index (χ1n) is 6.29. The smallest absolute Gasteiger partial charge is 0.0468 e. The number of nitrogens with one attached hydrogen (secondary N) is 1. The van der Waals surface area contributed by atoms with E-state index in [1.807, 2.05) is 18.2 Å². The highest BCUT2D eigenvalue weighted by Crippen LogP contribution is 2.48. The van der Waals surface area contributed by atoms with E-state index in [4.69, 9.17) is 16.3 Å². The van der Waals surface area contributed by atoms with Crippen LogP contribution < -0.4 is 5.32 Å². The largest absolute Gasteiger partial charge is 0.385 e. The minimum atomic E-state index is 0.487. The third-order valence-electron chi connectivity index (χ3n) is 3.62. The molecule has 1 fully saturated rings. The summed E-state index contributed by atoms with van der Waals surface area (Å²) >= 11 is 9.55. The third kappa shape index (κ3) is 3.95. The van der Waals surface area contributed by atoms with Crippen LogP contribution in [0.15, 0.2) is 22.7 Å². The molecule has 1 N–H and O–H groups in total. The number of halogens is 2. The van der Waals surface area contributed by atoms with Crippen molar-refractivity contribution in [2.24, 2.45) is 5.41 Å². The Morgan fingerprint density at radius 3 is 2.89 bits per heavy atom. The summed E-state index contributed by atoms with van der Waals surface area (Å²) in [6.45, 7) is 2.79. The maximum atomic E-state index is 6.00. The number of benzene rings is 1. The predicted octanol–water partition coefficient (Wildman–Crippen LogP) is 4.01. The lowest BCUT2D eigenvalue weighted by molar-refractivity contribution is 0.171. The SMILES string of the molecule is COCCC1(CNCc2cc(Cl)ccc2Br)CC1. The van der Waals surface area contributed by atoms with Crippen molar-refractivity contribution in [3.63, 3.8) is 0 Å². The summed E-state index contributed by atoms with van der Waals surface area (Å²) in [4.78, 5) is 0. The highest BCUT2D eigenvalue weighted by Gasteiger charge is 2.41. The minimum Gasteiger partial charge on any atom is -0.385 e. The van der Waals surface area contributed by atoms with Gasteiger partial charge in [-0.15, -0.1) is 0 Å². The van der Waals surface area contributed by atoms with E-state index in [-0.39, 0.29) is 0 Å². The second kappa shape index (κ2) is 6.38. The molecule has 0 unspecified atom stereocenters. The molecule has 0 heterocycles. The van der Waals surface area contributed by atoms with Gasteiger partial charge in [-0.05, 0) is 48.4 Å². The average molecular weight is 333 g/mol. The van der Waals surface area contributed by atoms with Crippen LogP contribution in [0.4, 0.5) is 0 Å². The summed E-state index contributed by atoms with van der Waals surface area (Å²) in [6, 6.07) is 5.90. The van der Waals surface area contributed by atoms with Crippen molar-refractivity contribution in [2.75, 3.05) is 20.3 Å². The second-order valence-electron chi connectivity index (χ2n) is 5.08. The van der Waals surface area contributed by atoms with Gasteiger partial charge in [0.2, 0.25) is 0 Å². The van der Waals surface area contributed by atoms with Crippen molar-refractivity contribution in [1.29, 1.82) is 0 Å². The monoisotopic (exact) mass is 331 g/mol. The molecule has 1 aromatic rings. The van der Waals surface area contributed by atoms with Gasteiger partial charge in [0.05, 0.1) is 0 Å². The Balaban J connectivity index is 1.80. The van der Waals surface area contributed by atoms with Crippen molar-refractivity contribution in [3.8, 4) is 0 Å². The number of hydrogen-bond donors (Lipinski definition) is 1. The Labute approximate surface area is 122 Å². The van der Waals surface area contributed by atoms with Crippen LogP contribution in [0, 0.1) is 5.41 Å². The summed E-state index contributed by atoms with van der Waals surface area (Å²) < 4.78 is 6.28.